The molecule has 2 aliphatic rings. The average molecular weight is 594 g/mol. The van der Waals surface area contributed by atoms with Crippen LogP contribution < -0.4 is 5.32 Å². The number of halogens is 2. The SMILES string of the molecule is CN1CC(=O)N2[C@@H](Cc3ccccc3)C(=O)N(Cc3cccc(Br)c3)C[C@@H]2N1C(=O)NCc1ccc(F)cc1. The van der Waals surface area contributed by atoms with E-state index in [0.717, 1.165) is 21.2 Å². The van der Waals surface area contributed by atoms with Gasteiger partial charge in [-0.15, -0.1) is 0 Å². The molecule has 0 radical (unpaired) electrons. The van der Waals surface area contributed by atoms with Crippen molar-refractivity contribution in [3.05, 3.63) is 106 Å². The minimum Gasteiger partial charge on any atom is -0.333 e. The van der Waals surface area contributed by atoms with Crippen molar-refractivity contribution in [3.8, 4) is 0 Å². The molecule has 2 fully saturated rings. The lowest BCUT2D eigenvalue weighted by Gasteiger charge is -2.54. The number of likely N-dealkylation sites (N-methyl/N-ethyl adjacent to an activating group) is 1. The van der Waals surface area contributed by atoms with Gasteiger partial charge in [-0.3, -0.25) is 9.59 Å². The number of hydrogen-bond acceptors (Lipinski definition) is 4. The summed E-state index contributed by atoms with van der Waals surface area (Å²) in [6.45, 7) is 0.663. The summed E-state index contributed by atoms with van der Waals surface area (Å²) in [5, 5.41) is 6.00. The van der Waals surface area contributed by atoms with E-state index < -0.39 is 18.2 Å². The molecule has 0 bridgehead atoms. The van der Waals surface area contributed by atoms with E-state index >= 15 is 0 Å². The Morgan fingerprint density at radius 1 is 0.974 bits per heavy atom. The maximum atomic E-state index is 13.9. The van der Waals surface area contributed by atoms with E-state index in [4.69, 9.17) is 0 Å². The molecule has 8 nitrogen and oxygen atoms in total. The van der Waals surface area contributed by atoms with E-state index in [1.807, 2.05) is 54.6 Å². The summed E-state index contributed by atoms with van der Waals surface area (Å²) in [6, 6.07) is 22.1. The Hall–Kier alpha value is -3.76. The van der Waals surface area contributed by atoms with Crippen LogP contribution in [-0.2, 0) is 29.1 Å². The number of carbonyl (C=O) groups excluding carboxylic acids is 3. The molecule has 0 aliphatic carbocycles. The molecule has 10 heteroatoms. The normalized spacial score (nSPS) is 19.7. The van der Waals surface area contributed by atoms with Gasteiger partial charge in [0.25, 0.3) is 0 Å². The number of piperazine rings is 1. The second kappa shape index (κ2) is 11.5. The van der Waals surface area contributed by atoms with Crippen LogP contribution in [0.1, 0.15) is 16.7 Å². The minimum absolute atomic E-state index is 0.0370. The van der Waals surface area contributed by atoms with Crippen LogP contribution in [-0.4, -0.2) is 70.0 Å². The fraction of sp³-hybridized carbons (Fsp3) is 0.276. The third-order valence-electron chi connectivity index (χ3n) is 7.04. The lowest BCUT2D eigenvalue weighted by atomic mass is 9.98. The maximum Gasteiger partial charge on any atom is 0.334 e. The quantitative estimate of drug-likeness (QED) is 0.472. The van der Waals surface area contributed by atoms with Gasteiger partial charge in [-0.05, 0) is 41.0 Å². The molecule has 2 saturated heterocycles. The highest BCUT2D eigenvalue weighted by atomic mass is 79.9. The number of nitrogens with one attached hydrogen (secondary N) is 1. The van der Waals surface area contributed by atoms with Crippen LogP contribution in [0.25, 0.3) is 0 Å². The summed E-state index contributed by atoms with van der Waals surface area (Å²) in [4.78, 5) is 44.1. The van der Waals surface area contributed by atoms with Crippen molar-refractivity contribution in [1.82, 2.24) is 25.1 Å². The van der Waals surface area contributed by atoms with Crippen molar-refractivity contribution < 1.29 is 18.8 Å². The van der Waals surface area contributed by atoms with Crippen LogP contribution in [0.2, 0.25) is 0 Å². The van der Waals surface area contributed by atoms with Crippen molar-refractivity contribution in [2.75, 3.05) is 20.1 Å². The smallest absolute Gasteiger partial charge is 0.333 e. The first-order valence-electron chi connectivity index (χ1n) is 12.7. The molecule has 2 heterocycles. The summed E-state index contributed by atoms with van der Waals surface area (Å²) in [6.07, 6.45) is -0.353. The van der Waals surface area contributed by atoms with Crippen molar-refractivity contribution in [1.29, 1.82) is 0 Å². The number of rotatable bonds is 6. The molecule has 0 unspecified atom stereocenters. The Kier molecular flexibility index (Phi) is 7.94. The van der Waals surface area contributed by atoms with Crippen molar-refractivity contribution >= 4 is 33.8 Å². The largest absolute Gasteiger partial charge is 0.334 e. The maximum absolute atomic E-state index is 13.9. The van der Waals surface area contributed by atoms with Gasteiger partial charge in [-0.1, -0.05) is 70.5 Å². The van der Waals surface area contributed by atoms with Gasteiger partial charge in [0.1, 0.15) is 18.0 Å². The molecule has 0 saturated carbocycles. The van der Waals surface area contributed by atoms with Gasteiger partial charge in [0.15, 0.2) is 0 Å². The second-order valence-electron chi connectivity index (χ2n) is 9.78. The van der Waals surface area contributed by atoms with E-state index in [9.17, 15) is 18.8 Å². The number of benzene rings is 3. The van der Waals surface area contributed by atoms with E-state index in [-0.39, 0.29) is 37.3 Å². The highest BCUT2D eigenvalue weighted by Gasteiger charge is 2.50. The molecule has 4 amide bonds. The van der Waals surface area contributed by atoms with E-state index in [0.29, 0.717) is 13.0 Å². The first-order valence-corrected chi connectivity index (χ1v) is 13.5. The number of fused-ring (bicyclic) bond motifs is 1. The fourth-order valence-electron chi connectivity index (χ4n) is 5.20. The van der Waals surface area contributed by atoms with Crippen molar-refractivity contribution in [2.24, 2.45) is 0 Å². The third kappa shape index (κ3) is 5.97. The van der Waals surface area contributed by atoms with E-state index in [1.165, 1.54) is 17.1 Å². The molecule has 3 aromatic rings. The van der Waals surface area contributed by atoms with Gasteiger partial charge < -0.3 is 15.1 Å². The number of carbonyl (C=O) groups is 3. The van der Waals surface area contributed by atoms with Gasteiger partial charge >= 0.3 is 6.03 Å². The van der Waals surface area contributed by atoms with Gasteiger partial charge in [-0.2, -0.15) is 0 Å². The lowest BCUT2D eigenvalue weighted by Crippen LogP contribution is -2.76. The van der Waals surface area contributed by atoms with Crippen LogP contribution in [0.4, 0.5) is 9.18 Å². The van der Waals surface area contributed by atoms with Gasteiger partial charge in [0.2, 0.25) is 11.8 Å². The van der Waals surface area contributed by atoms with E-state index in [2.05, 4.69) is 21.2 Å². The molecule has 0 aromatic heterocycles. The van der Waals surface area contributed by atoms with Crippen LogP contribution in [0.3, 0.4) is 0 Å². The van der Waals surface area contributed by atoms with Crippen LogP contribution in [0, 0.1) is 5.82 Å². The first kappa shape index (κ1) is 26.8. The Morgan fingerprint density at radius 2 is 1.69 bits per heavy atom. The minimum atomic E-state index is -0.757. The molecular formula is C29H29BrFN5O3. The Balaban J connectivity index is 1.44. The van der Waals surface area contributed by atoms with Crippen molar-refractivity contribution in [2.45, 2.75) is 31.7 Å². The third-order valence-corrected chi connectivity index (χ3v) is 7.53. The Bertz CT molecular complexity index is 1360. The first-order chi connectivity index (χ1) is 18.8. The van der Waals surface area contributed by atoms with E-state index in [1.54, 1.807) is 34.0 Å². The number of hydrazine groups is 1. The summed E-state index contributed by atoms with van der Waals surface area (Å²) >= 11 is 3.49. The van der Waals surface area contributed by atoms with Crippen LogP contribution >= 0.6 is 15.9 Å². The molecule has 1 N–H and O–H groups in total. The van der Waals surface area contributed by atoms with Crippen LogP contribution in [0.15, 0.2) is 83.3 Å². The van der Waals surface area contributed by atoms with Gasteiger partial charge in [0.05, 0.1) is 13.1 Å². The summed E-state index contributed by atoms with van der Waals surface area (Å²) < 4.78 is 14.2. The number of hydrogen-bond donors (Lipinski definition) is 1. The molecular weight excluding hydrogens is 565 g/mol. The zero-order valence-electron chi connectivity index (χ0n) is 21.5. The molecule has 2 atom stereocenters. The summed E-state index contributed by atoms with van der Waals surface area (Å²) in [5.41, 5.74) is 2.61. The average Bonchev–Trinajstić information content (AvgIpc) is 2.91. The van der Waals surface area contributed by atoms with Crippen molar-refractivity contribution in [3.63, 3.8) is 0 Å². The predicted molar refractivity (Wildman–Crippen MR) is 147 cm³/mol. The Morgan fingerprint density at radius 3 is 2.41 bits per heavy atom. The van der Waals surface area contributed by atoms with Gasteiger partial charge in [-0.25, -0.2) is 19.2 Å². The highest BCUT2D eigenvalue weighted by molar-refractivity contribution is 9.10. The molecule has 39 heavy (non-hydrogen) atoms. The second-order valence-corrected chi connectivity index (χ2v) is 10.7. The Labute approximate surface area is 235 Å². The summed E-state index contributed by atoms with van der Waals surface area (Å²) in [5.74, 6) is -0.710. The summed E-state index contributed by atoms with van der Waals surface area (Å²) in [7, 11) is 1.69. The standard InChI is InChI=1S/C29H29BrFN5O3/c1-33-19-27(37)35-25(15-20-6-3-2-4-7-20)28(38)34(17-22-8-5-9-23(30)14-22)18-26(35)36(33)29(39)32-16-21-10-12-24(31)13-11-21/h2-14,25-26H,15-19H2,1H3,(H,32,39)/t25-,26-/m0/s1. The molecule has 5 rings (SSSR count). The topological polar surface area (TPSA) is 76.2 Å². The van der Waals surface area contributed by atoms with Gasteiger partial charge in [0, 0.05) is 31.0 Å². The molecule has 2 aliphatic heterocycles. The fourth-order valence-corrected chi connectivity index (χ4v) is 5.65. The molecule has 3 aromatic carbocycles. The zero-order chi connectivity index (χ0) is 27.5. The molecule has 0 spiro atoms. The number of amides is 4. The monoisotopic (exact) mass is 593 g/mol. The zero-order valence-corrected chi connectivity index (χ0v) is 23.1. The lowest BCUT2D eigenvalue weighted by molar-refractivity contribution is -0.187. The molecule has 202 valence electrons. The highest BCUT2D eigenvalue weighted by Crippen LogP contribution is 2.29. The predicted octanol–water partition coefficient (Wildman–Crippen LogP) is 3.77. The van der Waals surface area contributed by atoms with Crippen LogP contribution in [0.5, 0.6) is 0 Å². The number of urea groups is 1. The number of nitrogens with zero attached hydrogens (tertiary/aromatic N) is 4.